The summed E-state index contributed by atoms with van der Waals surface area (Å²) in [4.78, 5) is 22.0. The summed E-state index contributed by atoms with van der Waals surface area (Å²) in [7, 11) is 0. The number of esters is 2. The van der Waals surface area contributed by atoms with Crippen LogP contribution in [0.1, 0.15) is 33.4 Å². The molecule has 0 radical (unpaired) electrons. The monoisotopic (exact) mass is 782 g/mol. The molecule has 0 unspecified atom stereocenters. The minimum absolute atomic E-state index is 0.0336. The Morgan fingerprint density at radius 2 is 0.786 bits per heavy atom. The summed E-state index contributed by atoms with van der Waals surface area (Å²) in [5.74, 6) is -10.7. The van der Waals surface area contributed by atoms with Crippen molar-refractivity contribution in [1.82, 2.24) is 0 Å². The van der Waals surface area contributed by atoms with Crippen molar-refractivity contribution in [3.8, 4) is 34.8 Å². The molecule has 0 fully saturated rings. The molecule has 0 amide bonds. The van der Waals surface area contributed by atoms with Gasteiger partial charge >= 0.3 is 11.9 Å². The largest absolute Gasteiger partial charge is 0.460 e. The number of ether oxygens (including phenoxy) is 4. The molecule has 0 aromatic heterocycles. The molecule has 0 aliphatic heterocycles. The van der Waals surface area contributed by atoms with Crippen LogP contribution in [0.25, 0.3) is 11.1 Å². The van der Waals surface area contributed by atoms with E-state index in [1.165, 1.54) is 24.3 Å². The van der Waals surface area contributed by atoms with Crippen LogP contribution in [0.15, 0.2) is 73.8 Å². The number of hydrogen-bond acceptors (Lipinski definition) is 6. The second-order valence-corrected chi connectivity index (χ2v) is 11.4. The van der Waals surface area contributed by atoms with Crippen LogP contribution in [0.2, 0.25) is 0 Å². The maximum atomic E-state index is 15.2. The topological polar surface area (TPSA) is 71.1 Å². The number of carbonyl (C=O) groups is 2. The average molecular weight is 783 g/mol. The molecule has 0 saturated carbocycles. The fraction of sp³-hybridized carbons (Fsp3) is 0.190. The molecule has 0 heterocycles. The second-order valence-electron chi connectivity index (χ2n) is 11.4. The van der Waals surface area contributed by atoms with Gasteiger partial charge in [0.2, 0.25) is 0 Å². The fourth-order valence-corrected chi connectivity index (χ4v) is 4.81. The minimum Gasteiger partial charge on any atom is -0.460 e. The highest BCUT2D eigenvalue weighted by Crippen LogP contribution is 2.38. The molecule has 0 N–H and O–H groups in total. The molecule has 14 heteroatoms. The maximum Gasteiger partial charge on any atom is 0.330 e. The van der Waals surface area contributed by atoms with Gasteiger partial charge in [-0.15, -0.1) is 0 Å². The van der Waals surface area contributed by atoms with Crippen LogP contribution in [-0.4, -0.2) is 51.6 Å². The van der Waals surface area contributed by atoms with Crippen LogP contribution in [0.3, 0.4) is 0 Å². The predicted molar refractivity (Wildman–Crippen MR) is 188 cm³/mol. The van der Waals surface area contributed by atoms with Gasteiger partial charge in [0.1, 0.15) is 24.3 Å². The zero-order valence-corrected chi connectivity index (χ0v) is 29.3. The SMILES string of the molecule is C=CC(=O)OCCOCCc1ccc(C#Cc2c(F)c(F)c(-c3c(F)c(F)c(C#Cc4ccc(CCOCCOC(=O)C=C)cc4)c(F)c3F)c(F)c2F)cc1. The van der Waals surface area contributed by atoms with Crippen LogP contribution in [0.5, 0.6) is 0 Å². The van der Waals surface area contributed by atoms with E-state index in [0.29, 0.717) is 12.8 Å². The first kappa shape index (κ1) is 42.5. The summed E-state index contributed by atoms with van der Waals surface area (Å²) in [5, 5.41) is 0. The Kier molecular flexibility index (Phi) is 15.5. The van der Waals surface area contributed by atoms with Crippen molar-refractivity contribution >= 4 is 11.9 Å². The summed E-state index contributed by atoms with van der Waals surface area (Å²) in [6.07, 6.45) is 2.89. The van der Waals surface area contributed by atoms with Crippen molar-refractivity contribution in [3.63, 3.8) is 0 Å². The van der Waals surface area contributed by atoms with E-state index in [1.807, 2.05) is 11.8 Å². The van der Waals surface area contributed by atoms with Crippen molar-refractivity contribution in [1.29, 1.82) is 0 Å². The molecule has 0 spiro atoms. The number of benzene rings is 4. The van der Waals surface area contributed by atoms with Gasteiger partial charge in [-0.1, -0.05) is 61.1 Å². The molecule has 0 aliphatic rings. The molecule has 0 atom stereocenters. The van der Waals surface area contributed by atoms with Crippen molar-refractivity contribution in [2.45, 2.75) is 12.8 Å². The zero-order valence-electron chi connectivity index (χ0n) is 29.3. The van der Waals surface area contributed by atoms with E-state index in [2.05, 4.69) is 25.0 Å². The van der Waals surface area contributed by atoms with Crippen molar-refractivity contribution in [3.05, 3.63) is 154 Å². The number of carbonyl (C=O) groups excluding carboxylic acids is 2. The quantitative estimate of drug-likeness (QED) is 0.0306. The lowest BCUT2D eigenvalue weighted by atomic mass is 9.97. The highest BCUT2D eigenvalue weighted by molar-refractivity contribution is 5.81. The first-order chi connectivity index (χ1) is 26.9. The minimum atomic E-state index is -2.35. The van der Waals surface area contributed by atoms with Crippen LogP contribution >= 0.6 is 0 Å². The van der Waals surface area contributed by atoms with Gasteiger partial charge in [-0.3, -0.25) is 0 Å². The van der Waals surface area contributed by atoms with E-state index in [0.717, 1.165) is 23.3 Å². The Hall–Kier alpha value is -6.22. The van der Waals surface area contributed by atoms with Gasteiger partial charge in [-0.25, -0.2) is 44.7 Å². The van der Waals surface area contributed by atoms with Crippen molar-refractivity contribution in [2.75, 3.05) is 39.6 Å². The molecule has 4 aromatic carbocycles. The molecule has 0 aliphatic carbocycles. The van der Waals surface area contributed by atoms with Gasteiger partial charge in [0.15, 0.2) is 46.5 Å². The third-order valence-corrected chi connectivity index (χ3v) is 7.70. The molecule has 290 valence electrons. The Morgan fingerprint density at radius 3 is 1.09 bits per heavy atom. The number of rotatable bonds is 15. The first-order valence-electron chi connectivity index (χ1n) is 16.6. The van der Waals surface area contributed by atoms with Crippen LogP contribution in [0.4, 0.5) is 35.1 Å². The van der Waals surface area contributed by atoms with Crippen LogP contribution < -0.4 is 0 Å². The summed E-state index contributed by atoms with van der Waals surface area (Å²) in [6, 6.07) is 12.1. The normalized spacial score (nSPS) is 10.5. The first-order valence-corrected chi connectivity index (χ1v) is 16.6. The van der Waals surface area contributed by atoms with E-state index in [1.54, 1.807) is 24.3 Å². The molecule has 4 aromatic rings. The van der Waals surface area contributed by atoms with Crippen molar-refractivity contribution in [2.24, 2.45) is 0 Å². The summed E-state index contributed by atoms with van der Waals surface area (Å²) in [6.45, 7) is 7.41. The third-order valence-electron chi connectivity index (χ3n) is 7.70. The number of hydrogen-bond donors (Lipinski definition) is 0. The van der Waals surface area contributed by atoms with Gasteiger partial charge < -0.3 is 18.9 Å². The number of halogens is 8. The van der Waals surface area contributed by atoms with E-state index in [9.17, 15) is 9.59 Å². The van der Waals surface area contributed by atoms with Crippen molar-refractivity contribution < 1.29 is 63.7 Å². The Bertz CT molecular complexity index is 2010. The zero-order chi connectivity index (χ0) is 40.8. The smallest absolute Gasteiger partial charge is 0.330 e. The van der Waals surface area contributed by atoms with E-state index in [-0.39, 0.29) is 50.8 Å². The summed E-state index contributed by atoms with van der Waals surface area (Å²) in [5.41, 5.74) is -5.09. The highest BCUT2D eigenvalue weighted by atomic mass is 19.2. The molecular formula is C42H30F8O6. The Labute approximate surface area is 316 Å². The van der Waals surface area contributed by atoms with E-state index >= 15 is 35.1 Å². The molecule has 0 bridgehead atoms. The van der Waals surface area contributed by atoms with Crippen LogP contribution in [0, 0.1) is 70.2 Å². The maximum absolute atomic E-state index is 15.2. The predicted octanol–water partition coefficient (Wildman–Crippen LogP) is 7.84. The molecule has 4 rings (SSSR count). The van der Waals surface area contributed by atoms with Gasteiger partial charge in [-0.05, 0) is 48.2 Å². The molecule has 56 heavy (non-hydrogen) atoms. The summed E-state index contributed by atoms with van der Waals surface area (Å²) >= 11 is 0. The van der Waals surface area contributed by atoms with Gasteiger partial charge in [0.05, 0.1) is 37.6 Å². The lowest BCUT2D eigenvalue weighted by Gasteiger charge is -2.13. The van der Waals surface area contributed by atoms with Gasteiger partial charge in [0, 0.05) is 23.3 Å². The summed E-state index contributed by atoms with van der Waals surface area (Å²) < 4.78 is 141. The van der Waals surface area contributed by atoms with E-state index < -0.39 is 80.7 Å². The molecule has 6 nitrogen and oxygen atoms in total. The second kappa shape index (κ2) is 20.5. The van der Waals surface area contributed by atoms with E-state index in [4.69, 9.17) is 18.9 Å². The van der Waals surface area contributed by atoms with Crippen LogP contribution in [-0.2, 0) is 41.4 Å². The third kappa shape index (κ3) is 10.9. The molecule has 0 saturated heterocycles. The fourth-order valence-electron chi connectivity index (χ4n) is 4.81. The molecular weight excluding hydrogens is 752 g/mol. The lowest BCUT2D eigenvalue weighted by molar-refractivity contribution is -0.140. The average Bonchev–Trinajstić information content (AvgIpc) is 3.20. The Balaban J connectivity index is 1.48. The standard InChI is InChI=1S/C42H30F8O6/c1-3-31(51)55-23-21-53-19-17-27-9-5-25(6-10-27)13-15-29-35(43)39(47)33(40(48)36(29)44)34-41(49)37(45)30(38(46)42(34)50)16-14-26-7-11-28(12-8-26)18-20-54-22-24-56-32(52)4-2/h3-12H,1-2,17-24H2. The van der Waals surface area contributed by atoms with Gasteiger partial charge in [0.25, 0.3) is 0 Å². The lowest BCUT2D eigenvalue weighted by Crippen LogP contribution is -2.10. The highest BCUT2D eigenvalue weighted by Gasteiger charge is 2.33. The Morgan fingerprint density at radius 1 is 0.464 bits per heavy atom. The van der Waals surface area contributed by atoms with Gasteiger partial charge in [-0.2, -0.15) is 0 Å².